The molecule has 3 N–H and O–H groups in total. The summed E-state index contributed by atoms with van der Waals surface area (Å²) in [6.07, 6.45) is 8.37. The summed E-state index contributed by atoms with van der Waals surface area (Å²) in [7, 11) is 0. The second-order valence-electron chi connectivity index (χ2n) is 6.88. The van der Waals surface area contributed by atoms with Gasteiger partial charge in [0.25, 0.3) is 0 Å². The van der Waals surface area contributed by atoms with Crippen molar-refractivity contribution in [3.05, 3.63) is 0 Å². The highest BCUT2D eigenvalue weighted by Crippen LogP contribution is 2.40. The second-order valence-corrected chi connectivity index (χ2v) is 6.88. The predicted octanol–water partition coefficient (Wildman–Crippen LogP) is 2.99. The lowest BCUT2D eigenvalue weighted by molar-refractivity contribution is -0.130. The fraction of sp³-hybridized carbons (Fsp3) is 0.941. The van der Waals surface area contributed by atoms with Crippen LogP contribution in [0.2, 0.25) is 0 Å². The summed E-state index contributed by atoms with van der Waals surface area (Å²) in [4.78, 5) is 12.0. The molecule has 1 fully saturated rings. The molecule has 1 saturated carbocycles. The summed E-state index contributed by atoms with van der Waals surface area (Å²) in [5.41, 5.74) is 5.03. The van der Waals surface area contributed by atoms with Crippen LogP contribution in [0.15, 0.2) is 0 Å². The van der Waals surface area contributed by atoms with Crippen molar-refractivity contribution in [1.29, 1.82) is 0 Å². The first-order valence-electron chi connectivity index (χ1n) is 8.61. The van der Waals surface area contributed by atoms with Crippen LogP contribution < -0.4 is 11.1 Å². The van der Waals surface area contributed by atoms with Crippen LogP contribution in [0.1, 0.15) is 72.6 Å². The summed E-state index contributed by atoms with van der Waals surface area (Å²) in [6.45, 7) is 8.82. The quantitative estimate of drug-likeness (QED) is 0.544. The highest BCUT2D eigenvalue weighted by atomic mass is 16.5. The fourth-order valence-corrected chi connectivity index (χ4v) is 2.93. The van der Waals surface area contributed by atoms with Gasteiger partial charge in [-0.15, -0.1) is 0 Å². The van der Waals surface area contributed by atoms with Gasteiger partial charge >= 0.3 is 0 Å². The van der Waals surface area contributed by atoms with E-state index in [1.807, 2.05) is 13.8 Å². The van der Waals surface area contributed by atoms with Gasteiger partial charge in [-0.2, -0.15) is 0 Å². The van der Waals surface area contributed by atoms with Crippen molar-refractivity contribution in [2.45, 2.75) is 90.3 Å². The minimum Gasteiger partial charge on any atom is -0.376 e. The van der Waals surface area contributed by atoms with Crippen molar-refractivity contribution >= 4 is 5.91 Å². The Bertz CT molecular complexity index is 316. The Balaban J connectivity index is 2.47. The van der Waals surface area contributed by atoms with Crippen molar-refractivity contribution in [3.8, 4) is 0 Å². The van der Waals surface area contributed by atoms with Gasteiger partial charge < -0.3 is 10.5 Å². The number of primary amides is 1. The standard InChI is InChI=1S/C17H34N2O2/c1-5-6-7-8-9-14(4)21-12-17(16(18)20,15-10-11-15)19-13(2)3/h13-15,19H,5-12H2,1-4H3,(H2,18,20). The molecule has 0 spiro atoms. The highest BCUT2D eigenvalue weighted by molar-refractivity contribution is 5.85. The number of ether oxygens (including phenoxy) is 1. The Morgan fingerprint density at radius 1 is 1.29 bits per heavy atom. The molecule has 2 unspecified atom stereocenters. The van der Waals surface area contributed by atoms with E-state index in [1.165, 1.54) is 25.7 Å². The van der Waals surface area contributed by atoms with Crippen molar-refractivity contribution < 1.29 is 9.53 Å². The monoisotopic (exact) mass is 298 g/mol. The first-order chi connectivity index (χ1) is 9.92. The van der Waals surface area contributed by atoms with Crippen LogP contribution in [0.25, 0.3) is 0 Å². The molecule has 124 valence electrons. The maximum Gasteiger partial charge on any atom is 0.240 e. The van der Waals surface area contributed by atoms with Gasteiger partial charge in [-0.25, -0.2) is 0 Å². The molecule has 0 aliphatic heterocycles. The van der Waals surface area contributed by atoms with Crippen LogP contribution in [0.3, 0.4) is 0 Å². The molecule has 4 heteroatoms. The molecule has 1 rings (SSSR count). The van der Waals surface area contributed by atoms with E-state index in [-0.39, 0.29) is 18.1 Å². The van der Waals surface area contributed by atoms with Crippen LogP contribution in [0, 0.1) is 5.92 Å². The van der Waals surface area contributed by atoms with Crippen molar-refractivity contribution in [2.24, 2.45) is 11.7 Å². The summed E-state index contributed by atoms with van der Waals surface area (Å²) >= 11 is 0. The summed E-state index contributed by atoms with van der Waals surface area (Å²) in [5, 5.41) is 3.39. The molecule has 4 nitrogen and oxygen atoms in total. The lowest BCUT2D eigenvalue weighted by Crippen LogP contribution is -2.62. The topological polar surface area (TPSA) is 64.3 Å². The van der Waals surface area contributed by atoms with Crippen LogP contribution >= 0.6 is 0 Å². The minimum atomic E-state index is -0.675. The molecular formula is C17H34N2O2. The van der Waals surface area contributed by atoms with E-state index in [0.717, 1.165) is 19.3 Å². The third-order valence-electron chi connectivity index (χ3n) is 4.32. The molecular weight excluding hydrogens is 264 g/mol. The number of carbonyl (C=O) groups is 1. The Kier molecular flexibility index (Phi) is 7.67. The van der Waals surface area contributed by atoms with Gasteiger partial charge in [0.15, 0.2) is 0 Å². The highest BCUT2D eigenvalue weighted by Gasteiger charge is 2.50. The molecule has 0 aromatic rings. The van der Waals surface area contributed by atoms with Gasteiger partial charge in [0.2, 0.25) is 5.91 Å². The Morgan fingerprint density at radius 2 is 1.95 bits per heavy atom. The SMILES string of the molecule is CCCCCCC(C)OCC(NC(C)C)(C(N)=O)C1CC1. The molecule has 2 atom stereocenters. The number of hydrogen-bond donors (Lipinski definition) is 2. The fourth-order valence-electron chi connectivity index (χ4n) is 2.93. The molecule has 0 saturated heterocycles. The van der Waals surface area contributed by atoms with Gasteiger partial charge in [-0.05, 0) is 46.0 Å². The van der Waals surface area contributed by atoms with E-state index in [9.17, 15) is 4.79 Å². The van der Waals surface area contributed by atoms with E-state index in [0.29, 0.717) is 12.5 Å². The average molecular weight is 298 g/mol. The normalized spacial score (nSPS) is 19.5. The van der Waals surface area contributed by atoms with E-state index in [1.54, 1.807) is 0 Å². The Morgan fingerprint density at radius 3 is 2.43 bits per heavy atom. The van der Waals surface area contributed by atoms with Gasteiger partial charge in [0.05, 0.1) is 12.7 Å². The summed E-state index contributed by atoms with van der Waals surface area (Å²) in [6, 6.07) is 0.224. The molecule has 0 radical (unpaired) electrons. The molecule has 1 amide bonds. The van der Waals surface area contributed by atoms with Gasteiger partial charge in [-0.1, -0.05) is 32.6 Å². The number of rotatable bonds is 12. The zero-order valence-corrected chi connectivity index (χ0v) is 14.3. The average Bonchev–Trinajstić information content (AvgIpc) is 3.23. The zero-order chi connectivity index (χ0) is 15.9. The predicted molar refractivity (Wildman–Crippen MR) is 87.1 cm³/mol. The van der Waals surface area contributed by atoms with E-state index < -0.39 is 5.54 Å². The smallest absolute Gasteiger partial charge is 0.240 e. The van der Waals surface area contributed by atoms with E-state index in [4.69, 9.17) is 10.5 Å². The van der Waals surface area contributed by atoms with Crippen LogP contribution in [0.4, 0.5) is 0 Å². The largest absolute Gasteiger partial charge is 0.376 e. The first-order valence-corrected chi connectivity index (χ1v) is 8.61. The van der Waals surface area contributed by atoms with Crippen LogP contribution in [-0.2, 0) is 9.53 Å². The number of carbonyl (C=O) groups excluding carboxylic acids is 1. The lowest BCUT2D eigenvalue weighted by Gasteiger charge is -2.34. The zero-order valence-electron chi connectivity index (χ0n) is 14.3. The van der Waals surface area contributed by atoms with Crippen molar-refractivity contribution in [3.63, 3.8) is 0 Å². The van der Waals surface area contributed by atoms with Crippen LogP contribution in [0.5, 0.6) is 0 Å². The minimum absolute atomic E-state index is 0.188. The lowest BCUT2D eigenvalue weighted by atomic mass is 9.92. The molecule has 21 heavy (non-hydrogen) atoms. The van der Waals surface area contributed by atoms with Gasteiger partial charge in [-0.3, -0.25) is 10.1 Å². The van der Waals surface area contributed by atoms with Crippen molar-refractivity contribution in [2.75, 3.05) is 6.61 Å². The third-order valence-corrected chi connectivity index (χ3v) is 4.32. The van der Waals surface area contributed by atoms with Gasteiger partial charge in [0.1, 0.15) is 5.54 Å². The molecule has 0 bridgehead atoms. The Hall–Kier alpha value is -0.610. The van der Waals surface area contributed by atoms with E-state index in [2.05, 4.69) is 19.2 Å². The summed E-state index contributed by atoms with van der Waals surface area (Å²) < 4.78 is 5.99. The molecule has 0 heterocycles. The second kappa shape index (κ2) is 8.74. The molecule has 1 aliphatic carbocycles. The molecule has 1 aliphatic rings. The van der Waals surface area contributed by atoms with Crippen LogP contribution in [-0.4, -0.2) is 30.2 Å². The Labute approximate surface area is 130 Å². The maximum absolute atomic E-state index is 12.0. The molecule has 0 aromatic heterocycles. The van der Waals surface area contributed by atoms with Gasteiger partial charge in [0, 0.05) is 6.04 Å². The number of hydrogen-bond acceptors (Lipinski definition) is 3. The summed E-state index contributed by atoms with van der Waals surface area (Å²) in [5.74, 6) is 0.0709. The van der Waals surface area contributed by atoms with E-state index >= 15 is 0 Å². The molecule has 0 aromatic carbocycles. The number of amides is 1. The first kappa shape index (κ1) is 18.4. The number of nitrogens with one attached hydrogen (secondary N) is 1. The number of unbranched alkanes of at least 4 members (excludes halogenated alkanes) is 3. The number of nitrogens with two attached hydrogens (primary N) is 1. The maximum atomic E-state index is 12.0. The third kappa shape index (κ3) is 5.95. The van der Waals surface area contributed by atoms with Crippen molar-refractivity contribution in [1.82, 2.24) is 5.32 Å².